The van der Waals surface area contributed by atoms with Crippen molar-refractivity contribution in [1.82, 2.24) is 4.90 Å². The van der Waals surface area contributed by atoms with Gasteiger partial charge in [0.1, 0.15) is 5.60 Å². The van der Waals surface area contributed by atoms with Crippen LogP contribution < -0.4 is 0 Å². The second-order valence-electron chi connectivity index (χ2n) is 5.64. The van der Waals surface area contributed by atoms with Crippen LogP contribution in [0.5, 0.6) is 0 Å². The van der Waals surface area contributed by atoms with Crippen LogP contribution in [0.3, 0.4) is 0 Å². The molecule has 1 amide bonds. The molecule has 4 nitrogen and oxygen atoms in total. The second kappa shape index (κ2) is 6.78. The highest BCUT2D eigenvalue weighted by molar-refractivity contribution is 5.68. The first-order chi connectivity index (χ1) is 8.42. The minimum atomic E-state index is -0.431. The van der Waals surface area contributed by atoms with Crippen molar-refractivity contribution in [2.75, 3.05) is 19.7 Å². The molecular weight excluding hydrogens is 230 g/mol. The molecule has 18 heavy (non-hydrogen) atoms. The van der Waals surface area contributed by atoms with Gasteiger partial charge < -0.3 is 14.4 Å². The highest BCUT2D eigenvalue weighted by atomic mass is 16.6. The first-order valence-electron chi connectivity index (χ1n) is 6.63. The van der Waals surface area contributed by atoms with Gasteiger partial charge in [0.25, 0.3) is 0 Å². The van der Waals surface area contributed by atoms with Crippen LogP contribution >= 0.6 is 0 Å². The van der Waals surface area contributed by atoms with E-state index in [1.54, 1.807) is 4.90 Å². The van der Waals surface area contributed by atoms with Gasteiger partial charge in [-0.1, -0.05) is 6.08 Å². The van der Waals surface area contributed by atoms with Crippen LogP contribution in [-0.4, -0.2) is 42.4 Å². The van der Waals surface area contributed by atoms with Gasteiger partial charge in [0.15, 0.2) is 0 Å². The molecule has 1 fully saturated rings. The van der Waals surface area contributed by atoms with Gasteiger partial charge in [-0.2, -0.15) is 0 Å². The van der Waals surface area contributed by atoms with E-state index in [2.05, 4.69) is 6.58 Å². The number of unbranched alkanes of at least 4 members (excludes halogenated alkanes) is 1. The van der Waals surface area contributed by atoms with Crippen molar-refractivity contribution in [3.63, 3.8) is 0 Å². The highest BCUT2D eigenvalue weighted by Gasteiger charge is 2.29. The van der Waals surface area contributed by atoms with Crippen molar-refractivity contribution in [3.05, 3.63) is 12.7 Å². The molecule has 0 radical (unpaired) electrons. The largest absolute Gasteiger partial charge is 0.444 e. The lowest BCUT2D eigenvalue weighted by Gasteiger charge is -2.24. The quantitative estimate of drug-likeness (QED) is 0.560. The Morgan fingerprint density at radius 3 is 2.83 bits per heavy atom. The molecule has 0 aromatic heterocycles. The number of amides is 1. The summed E-state index contributed by atoms with van der Waals surface area (Å²) < 4.78 is 11.0. The van der Waals surface area contributed by atoms with E-state index >= 15 is 0 Å². The number of nitrogens with zero attached hydrogens (tertiary/aromatic N) is 1. The molecule has 1 atom stereocenters. The van der Waals surface area contributed by atoms with Crippen LogP contribution in [0, 0.1) is 0 Å². The molecule has 1 heterocycles. The standard InChI is InChI=1S/C14H25NO3/c1-5-6-7-10-17-12-8-9-15(11-12)13(16)18-14(2,3)4/h5,12H,1,6-11H2,2-4H3/t12-/m1/s1. The summed E-state index contributed by atoms with van der Waals surface area (Å²) in [5, 5.41) is 0. The molecule has 1 rings (SSSR count). The molecule has 0 saturated carbocycles. The van der Waals surface area contributed by atoms with Crippen molar-refractivity contribution in [2.24, 2.45) is 0 Å². The van der Waals surface area contributed by atoms with E-state index in [4.69, 9.17) is 9.47 Å². The maximum absolute atomic E-state index is 11.8. The first-order valence-corrected chi connectivity index (χ1v) is 6.63. The summed E-state index contributed by atoms with van der Waals surface area (Å²) in [7, 11) is 0. The zero-order valence-electron chi connectivity index (χ0n) is 11.8. The molecule has 0 spiro atoms. The van der Waals surface area contributed by atoms with Crippen molar-refractivity contribution >= 4 is 6.09 Å². The van der Waals surface area contributed by atoms with E-state index in [0.717, 1.165) is 32.4 Å². The van der Waals surface area contributed by atoms with Crippen LogP contribution in [0.4, 0.5) is 4.79 Å². The maximum atomic E-state index is 11.8. The van der Waals surface area contributed by atoms with Gasteiger partial charge >= 0.3 is 6.09 Å². The SMILES string of the molecule is C=CCCCO[C@@H]1CCN(C(=O)OC(C)(C)C)C1. The van der Waals surface area contributed by atoms with Gasteiger partial charge in [-0.05, 0) is 40.0 Å². The number of likely N-dealkylation sites (tertiary alicyclic amines) is 1. The molecule has 104 valence electrons. The molecule has 0 bridgehead atoms. The number of allylic oxidation sites excluding steroid dienone is 1. The minimum Gasteiger partial charge on any atom is -0.444 e. The summed E-state index contributed by atoms with van der Waals surface area (Å²) >= 11 is 0. The topological polar surface area (TPSA) is 38.8 Å². The van der Waals surface area contributed by atoms with Crippen molar-refractivity contribution in [2.45, 2.75) is 51.7 Å². The Labute approximate surface area is 110 Å². The average molecular weight is 255 g/mol. The number of hydrogen-bond acceptors (Lipinski definition) is 3. The Balaban J connectivity index is 2.24. The van der Waals surface area contributed by atoms with Crippen LogP contribution in [0.25, 0.3) is 0 Å². The number of carbonyl (C=O) groups excluding carboxylic acids is 1. The van der Waals surface area contributed by atoms with E-state index in [-0.39, 0.29) is 12.2 Å². The Kier molecular flexibility index (Phi) is 5.66. The fourth-order valence-corrected chi connectivity index (χ4v) is 1.83. The lowest BCUT2D eigenvalue weighted by Crippen LogP contribution is -2.36. The average Bonchev–Trinajstić information content (AvgIpc) is 2.71. The molecule has 0 N–H and O–H groups in total. The number of ether oxygens (including phenoxy) is 2. The van der Waals surface area contributed by atoms with Crippen LogP contribution in [-0.2, 0) is 9.47 Å². The molecule has 0 unspecified atom stereocenters. The lowest BCUT2D eigenvalue weighted by atomic mass is 10.2. The Hall–Kier alpha value is -1.03. The van der Waals surface area contributed by atoms with E-state index in [1.165, 1.54) is 0 Å². The van der Waals surface area contributed by atoms with Crippen molar-refractivity contribution in [3.8, 4) is 0 Å². The summed E-state index contributed by atoms with van der Waals surface area (Å²) in [5.74, 6) is 0. The van der Waals surface area contributed by atoms with E-state index in [1.807, 2.05) is 26.8 Å². The van der Waals surface area contributed by atoms with Gasteiger partial charge in [-0.15, -0.1) is 6.58 Å². The fourth-order valence-electron chi connectivity index (χ4n) is 1.83. The van der Waals surface area contributed by atoms with Crippen molar-refractivity contribution in [1.29, 1.82) is 0 Å². The zero-order chi connectivity index (χ0) is 13.6. The Morgan fingerprint density at radius 1 is 1.50 bits per heavy atom. The van der Waals surface area contributed by atoms with Gasteiger partial charge in [0, 0.05) is 13.2 Å². The fraction of sp³-hybridized carbons (Fsp3) is 0.786. The Morgan fingerprint density at radius 2 is 2.22 bits per heavy atom. The number of rotatable bonds is 5. The molecule has 1 saturated heterocycles. The lowest BCUT2D eigenvalue weighted by molar-refractivity contribution is 0.0209. The third-order valence-electron chi connectivity index (χ3n) is 2.70. The second-order valence-corrected chi connectivity index (χ2v) is 5.64. The highest BCUT2D eigenvalue weighted by Crippen LogP contribution is 2.17. The summed E-state index contributed by atoms with van der Waals surface area (Å²) in [4.78, 5) is 13.5. The normalized spacial score (nSPS) is 19.9. The Bertz CT molecular complexity index is 283. The van der Waals surface area contributed by atoms with Crippen LogP contribution in [0.15, 0.2) is 12.7 Å². The third kappa shape index (κ3) is 5.54. The van der Waals surface area contributed by atoms with Crippen molar-refractivity contribution < 1.29 is 14.3 Å². The summed E-state index contributed by atoms with van der Waals surface area (Å²) in [6.45, 7) is 11.4. The molecule has 0 aliphatic carbocycles. The molecule has 1 aliphatic rings. The van der Waals surface area contributed by atoms with Crippen LogP contribution in [0.1, 0.15) is 40.0 Å². The molecule has 1 aliphatic heterocycles. The number of hydrogen-bond donors (Lipinski definition) is 0. The predicted octanol–water partition coefficient (Wildman–Crippen LogP) is 2.98. The maximum Gasteiger partial charge on any atom is 0.410 e. The zero-order valence-corrected chi connectivity index (χ0v) is 11.8. The first kappa shape index (κ1) is 15.0. The van der Waals surface area contributed by atoms with Gasteiger partial charge in [-0.25, -0.2) is 4.79 Å². The van der Waals surface area contributed by atoms with Gasteiger partial charge in [-0.3, -0.25) is 0 Å². The third-order valence-corrected chi connectivity index (χ3v) is 2.70. The van der Waals surface area contributed by atoms with E-state index in [0.29, 0.717) is 6.54 Å². The molecular formula is C14H25NO3. The minimum absolute atomic E-state index is 0.155. The molecule has 4 heteroatoms. The summed E-state index contributed by atoms with van der Waals surface area (Å²) in [5.41, 5.74) is -0.431. The number of carbonyl (C=O) groups is 1. The van der Waals surface area contributed by atoms with E-state index in [9.17, 15) is 4.79 Å². The van der Waals surface area contributed by atoms with E-state index < -0.39 is 5.60 Å². The summed E-state index contributed by atoms with van der Waals surface area (Å²) in [6, 6.07) is 0. The summed E-state index contributed by atoms with van der Waals surface area (Å²) in [6.07, 6.45) is 4.68. The molecule has 0 aromatic carbocycles. The predicted molar refractivity (Wildman–Crippen MR) is 71.6 cm³/mol. The van der Waals surface area contributed by atoms with Gasteiger partial charge in [0.2, 0.25) is 0 Å². The van der Waals surface area contributed by atoms with Gasteiger partial charge in [0.05, 0.1) is 12.6 Å². The molecule has 0 aromatic rings. The van der Waals surface area contributed by atoms with Crippen LogP contribution in [0.2, 0.25) is 0 Å². The monoisotopic (exact) mass is 255 g/mol. The smallest absolute Gasteiger partial charge is 0.410 e.